The highest BCUT2D eigenvalue weighted by atomic mass is 16.5. The van der Waals surface area contributed by atoms with Gasteiger partial charge in [-0.3, -0.25) is 0 Å². The Kier molecular flexibility index (Phi) is 11.2. The molecular weight excluding hydrogens is 536 g/mol. The first-order valence-corrected chi connectivity index (χ1v) is 13.8. The zero-order valence-electron chi connectivity index (χ0n) is 23.8. The molecule has 8 nitrogen and oxygen atoms in total. The van der Waals surface area contributed by atoms with Crippen molar-refractivity contribution in [3.05, 3.63) is 119 Å². The van der Waals surface area contributed by atoms with Crippen molar-refractivity contribution < 1.29 is 39.4 Å². The van der Waals surface area contributed by atoms with E-state index < -0.39 is 37.3 Å². The molecule has 0 fully saturated rings. The summed E-state index contributed by atoms with van der Waals surface area (Å²) in [7, 11) is 3.01. The van der Waals surface area contributed by atoms with Crippen LogP contribution in [0.3, 0.4) is 0 Å². The van der Waals surface area contributed by atoms with Crippen molar-refractivity contribution in [2.45, 2.75) is 25.4 Å². The normalized spacial score (nSPS) is 14.0. The summed E-state index contributed by atoms with van der Waals surface area (Å²) in [6.07, 6.45) is -2.43. The molecule has 0 saturated carbocycles. The molecule has 0 radical (unpaired) electrons. The minimum Gasteiger partial charge on any atom is -0.493 e. The average Bonchev–Trinajstić information content (AvgIpc) is 3.05. The predicted octanol–water partition coefficient (Wildman–Crippen LogP) is 4.85. The first-order valence-electron chi connectivity index (χ1n) is 13.8. The van der Waals surface area contributed by atoms with Gasteiger partial charge in [-0.25, -0.2) is 0 Å². The highest BCUT2D eigenvalue weighted by Crippen LogP contribution is 2.40. The molecule has 0 unspecified atom stereocenters. The molecule has 0 spiro atoms. The fourth-order valence-corrected chi connectivity index (χ4v) is 4.88. The summed E-state index contributed by atoms with van der Waals surface area (Å²) >= 11 is 0. The third kappa shape index (κ3) is 7.60. The molecule has 0 aliphatic rings. The SMILES string of the molecule is COc1cc([C@@H](O)[C@H](CO)[C@H](CO)[C@H](O)c2ccc(OCc3ccccc3)c(OC)c2)ccc1OCc1ccccc1. The minimum absolute atomic E-state index is 0.344. The minimum atomic E-state index is -1.21. The molecule has 0 aliphatic carbocycles. The monoisotopic (exact) mass is 574 g/mol. The number of benzene rings is 4. The van der Waals surface area contributed by atoms with E-state index in [1.165, 1.54) is 14.2 Å². The Labute approximate surface area is 246 Å². The van der Waals surface area contributed by atoms with E-state index in [0.29, 0.717) is 47.3 Å². The lowest BCUT2D eigenvalue weighted by Crippen LogP contribution is -2.32. The van der Waals surface area contributed by atoms with E-state index in [4.69, 9.17) is 18.9 Å². The van der Waals surface area contributed by atoms with E-state index in [1.807, 2.05) is 60.7 Å². The Bertz CT molecular complexity index is 1270. The Morgan fingerprint density at radius 3 is 1.24 bits per heavy atom. The van der Waals surface area contributed by atoms with Gasteiger partial charge in [-0.15, -0.1) is 0 Å². The van der Waals surface area contributed by atoms with Crippen LogP contribution < -0.4 is 18.9 Å². The number of hydrogen-bond donors (Lipinski definition) is 4. The van der Waals surface area contributed by atoms with Gasteiger partial charge in [0, 0.05) is 25.0 Å². The van der Waals surface area contributed by atoms with Crippen molar-refractivity contribution in [3.8, 4) is 23.0 Å². The number of ether oxygens (including phenoxy) is 4. The molecule has 4 aromatic rings. The van der Waals surface area contributed by atoms with Crippen LogP contribution in [0, 0.1) is 11.8 Å². The van der Waals surface area contributed by atoms with Gasteiger partial charge in [-0.2, -0.15) is 0 Å². The van der Waals surface area contributed by atoms with Gasteiger partial charge in [0.25, 0.3) is 0 Å². The fourth-order valence-electron chi connectivity index (χ4n) is 4.88. The molecule has 0 heterocycles. The lowest BCUT2D eigenvalue weighted by Gasteiger charge is -2.32. The molecule has 0 saturated heterocycles. The van der Waals surface area contributed by atoms with E-state index in [-0.39, 0.29) is 0 Å². The number of rotatable bonds is 15. The highest BCUT2D eigenvalue weighted by Gasteiger charge is 2.35. The Morgan fingerprint density at radius 1 is 0.524 bits per heavy atom. The van der Waals surface area contributed by atoms with Crippen LogP contribution in [-0.4, -0.2) is 47.9 Å². The maximum Gasteiger partial charge on any atom is 0.161 e. The fraction of sp³-hybridized carbons (Fsp3) is 0.294. The van der Waals surface area contributed by atoms with E-state index in [9.17, 15) is 20.4 Å². The van der Waals surface area contributed by atoms with Gasteiger partial charge in [0.15, 0.2) is 23.0 Å². The lowest BCUT2D eigenvalue weighted by molar-refractivity contribution is -0.0425. The second-order valence-corrected chi connectivity index (χ2v) is 9.95. The summed E-state index contributed by atoms with van der Waals surface area (Å²) in [5.41, 5.74) is 2.89. The van der Waals surface area contributed by atoms with Crippen molar-refractivity contribution in [1.29, 1.82) is 0 Å². The molecule has 0 aromatic heterocycles. The maximum atomic E-state index is 11.3. The average molecular weight is 575 g/mol. The van der Waals surface area contributed by atoms with E-state index in [0.717, 1.165) is 11.1 Å². The number of hydrogen-bond acceptors (Lipinski definition) is 8. The summed E-state index contributed by atoms with van der Waals surface area (Å²) in [6, 6.07) is 29.4. The smallest absolute Gasteiger partial charge is 0.161 e. The quantitative estimate of drug-likeness (QED) is 0.159. The van der Waals surface area contributed by atoms with Gasteiger partial charge in [-0.1, -0.05) is 72.8 Å². The molecule has 42 heavy (non-hydrogen) atoms. The van der Waals surface area contributed by atoms with Gasteiger partial charge in [-0.05, 0) is 46.5 Å². The number of aliphatic hydroxyl groups is 4. The van der Waals surface area contributed by atoms with Gasteiger partial charge in [0.05, 0.1) is 26.4 Å². The Morgan fingerprint density at radius 2 is 0.905 bits per heavy atom. The molecule has 4 N–H and O–H groups in total. The van der Waals surface area contributed by atoms with E-state index in [2.05, 4.69) is 0 Å². The van der Waals surface area contributed by atoms with Crippen molar-refractivity contribution >= 4 is 0 Å². The molecule has 8 heteroatoms. The van der Waals surface area contributed by atoms with Crippen LogP contribution in [-0.2, 0) is 13.2 Å². The summed E-state index contributed by atoms with van der Waals surface area (Å²) < 4.78 is 22.8. The zero-order valence-corrected chi connectivity index (χ0v) is 23.8. The molecular formula is C34H38O8. The molecule has 222 valence electrons. The maximum absolute atomic E-state index is 11.3. The van der Waals surface area contributed by atoms with Crippen LogP contribution in [0.15, 0.2) is 97.1 Å². The second kappa shape index (κ2) is 15.2. The zero-order chi connectivity index (χ0) is 29.9. The van der Waals surface area contributed by atoms with Crippen LogP contribution in [0.5, 0.6) is 23.0 Å². The Balaban J connectivity index is 1.49. The highest BCUT2D eigenvalue weighted by molar-refractivity contribution is 5.45. The molecule has 4 atom stereocenters. The van der Waals surface area contributed by atoms with Crippen molar-refractivity contribution in [3.63, 3.8) is 0 Å². The Hall–Kier alpha value is -4.08. The standard InChI is InChI=1S/C34H38O8/c1-39-31-17-25(13-15-29(31)41-21-23-9-5-3-6-10-23)33(37)27(19-35)28(20-36)34(38)26-14-16-30(32(18-26)40-2)42-22-24-11-7-4-8-12-24/h3-18,27-28,33-38H,19-22H2,1-2H3/t27-,28+,33-,34-/m1/s1. The third-order valence-corrected chi connectivity index (χ3v) is 7.32. The molecule has 0 bridgehead atoms. The topological polar surface area (TPSA) is 118 Å². The van der Waals surface area contributed by atoms with Gasteiger partial charge < -0.3 is 39.4 Å². The second-order valence-electron chi connectivity index (χ2n) is 9.95. The van der Waals surface area contributed by atoms with Crippen LogP contribution >= 0.6 is 0 Å². The van der Waals surface area contributed by atoms with Gasteiger partial charge >= 0.3 is 0 Å². The summed E-state index contributed by atoms with van der Waals surface area (Å²) in [4.78, 5) is 0. The van der Waals surface area contributed by atoms with Crippen molar-refractivity contribution in [1.82, 2.24) is 0 Å². The first kappa shape index (κ1) is 30.9. The third-order valence-electron chi connectivity index (χ3n) is 7.32. The van der Waals surface area contributed by atoms with Crippen LogP contribution in [0.25, 0.3) is 0 Å². The predicted molar refractivity (Wildman–Crippen MR) is 159 cm³/mol. The first-order chi connectivity index (χ1) is 20.5. The molecule has 4 aromatic carbocycles. The van der Waals surface area contributed by atoms with Crippen molar-refractivity contribution in [2.24, 2.45) is 11.8 Å². The summed E-state index contributed by atoms with van der Waals surface area (Å²) in [5, 5.41) is 43.2. The lowest BCUT2D eigenvalue weighted by atomic mass is 9.80. The van der Waals surface area contributed by atoms with Crippen LogP contribution in [0.1, 0.15) is 34.5 Å². The number of aliphatic hydroxyl groups excluding tert-OH is 4. The van der Waals surface area contributed by atoms with E-state index in [1.54, 1.807) is 36.4 Å². The summed E-state index contributed by atoms with van der Waals surface area (Å²) in [6.45, 7) is -0.270. The van der Waals surface area contributed by atoms with E-state index >= 15 is 0 Å². The summed E-state index contributed by atoms with van der Waals surface area (Å²) in [5.74, 6) is 0.0281. The van der Waals surface area contributed by atoms with Crippen LogP contribution in [0.4, 0.5) is 0 Å². The molecule has 0 amide bonds. The van der Waals surface area contributed by atoms with Crippen molar-refractivity contribution in [2.75, 3.05) is 27.4 Å². The molecule has 0 aliphatic heterocycles. The largest absolute Gasteiger partial charge is 0.493 e. The molecule has 4 rings (SSSR count). The van der Waals surface area contributed by atoms with Crippen LogP contribution in [0.2, 0.25) is 0 Å². The van der Waals surface area contributed by atoms with Gasteiger partial charge in [0.2, 0.25) is 0 Å². The number of methoxy groups -OCH3 is 2. The van der Waals surface area contributed by atoms with Gasteiger partial charge in [0.1, 0.15) is 13.2 Å².